The number of halogens is 1. The summed E-state index contributed by atoms with van der Waals surface area (Å²) in [6, 6.07) is 7.57. The first kappa shape index (κ1) is 18.4. The van der Waals surface area contributed by atoms with Crippen LogP contribution in [-0.2, 0) is 6.54 Å². The van der Waals surface area contributed by atoms with Gasteiger partial charge in [0.2, 0.25) is 0 Å². The van der Waals surface area contributed by atoms with Gasteiger partial charge in [-0.15, -0.1) is 0 Å². The lowest BCUT2D eigenvalue weighted by molar-refractivity contribution is 0.0459. The molecule has 0 aliphatic carbocycles. The molecule has 1 aromatic carbocycles. The van der Waals surface area contributed by atoms with Crippen molar-refractivity contribution in [3.63, 3.8) is 0 Å². The topological polar surface area (TPSA) is 83.5 Å². The van der Waals surface area contributed by atoms with Crippen molar-refractivity contribution in [1.82, 2.24) is 20.0 Å². The normalized spacial score (nSPS) is 20.2. The average Bonchev–Trinajstić information content (AvgIpc) is 3.34. The number of hydrogen-bond donors (Lipinski definition) is 2. The zero-order chi connectivity index (χ0) is 19.5. The summed E-state index contributed by atoms with van der Waals surface area (Å²) < 4.78 is 19.7. The number of piperidine rings is 1. The quantitative estimate of drug-likeness (QED) is 0.703. The average molecular weight is 384 g/mol. The van der Waals surface area contributed by atoms with Crippen LogP contribution in [0.2, 0.25) is 0 Å². The van der Waals surface area contributed by atoms with E-state index in [9.17, 15) is 14.3 Å². The van der Waals surface area contributed by atoms with E-state index < -0.39 is 6.10 Å². The van der Waals surface area contributed by atoms with Gasteiger partial charge in [-0.3, -0.25) is 9.69 Å². The predicted molar refractivity (Wildman–Crippen MR) is 99.4 cm³/mol. The lowest BCUT2D eigenvalue weighted by Crippen LogP contribution is -2.52. The number of hydrogen-bond acceptors (Lipinski definition) is 5. The first-order valence-electron chi connectivity index (χ1n) is 9.10. The Morgan fingerprint density at radius 2 is 2.11 bits per heavy atom. The summed E-state index contributed by atoms with van der Waals surface area (Å²) in [5, 5.41) is 17.5. The molecule has 0 bridgehead atoms. The zero-order valence-electron chi connectivity index (χ0n) is 15.2. The Morgan fingerprint density at radius 3 is 2.86 bits per heavy atom. The highest BCUT2D eigenvalue weighted by Crippen LogP contribution is 2.16. The van der Waals surface area contributed by atoms with Crippen LogP contribution in [0.25, 0.3) is 5.69 Å². The number of aliphatic hydroxyl groups is 1. The maximum absolute atomic E-state index is 13.1. The van der Waals surface area contributed by atoms with Gasteiger partial charge in [-0.2, -0.15) is 5.10 Å². The number of furan rings is 1. The summed E-state index contributed by atoms with van der Waals surface area (Å²) in [6.45, 7) is 1.75. The standard InChI is InChI=1S/C20H21FN4O3/c21-16-1-3-18(4-2-16)25-10-14(8-22-25)9-24-11-17(7-19(26)12-24)23-20(27)15-5-6-28-13-15/h1-6,8,10,13,17,19,26H,7,9,11-12H2,(H,23,27)/t17-,19+/m0/s1. The molecule has 1 saturated heterocycles. The molecule has 146 valence electrons. The van der Waals surface area contributed by atoms with Crippen LogP contribution in [0.5, 0.6) is 0 Å². The van der Waals surface area contributed by atoms with E-state index in [4.69, 9.17) is 4.42 Å². The molecule has 7 nitrogen and oxygen atoms in total. The molecule has 0 saturated carbocycles. The van der Waals surface area contributed by atoms with E-state index >= 15 is 0 Å². The van der Waals surface area contributed by atoms with Gasteiger partial charge in [0.05, 0.1) is 29.8 Å². The van der Waals surface area contributed by atoms with Crippen molar-refractivity contribution in [3.8, 4) is 5.69 Å². The van der Waals surface area contributed by atoms with Crippen LogP contribution in [0.15, 0.2) is 59.7 Å². The first-order chi connectivity index (χ1) is 13.6. The number of likely N-dealkylation sites (tertiary alicyclic amines) is 1. The van der Waals surface area contributed by atoms with E-state index in [0.29, 0.717) is 31.6 Å². The number of carbonyl (C=O) groups excluding carboxylic acids is 1. The van der Waals surface area contributed by atoms with Crippen molar-refractivity contribution < 1.29 is 18.7 Å². The van der Waals surface area contributed by atoms with E-state index in [2.05, 4.69) is 15.3 Å². The van der Waals surface area contributed by atoms with Gasteiger partial charge >= 0.3 is 0 Å². The van der Waals surface area contributed by atoms with Crippen LogP contribution in [0.3, 0.4) is 0 Å². The molecule has 1 aliphatic rings. The van der Waals surface area contributed by atoms with Gasteiger partial charge in [-0.1, -0.05) is 0 Å². The van der Waals surface area contributed by atoms with Crippen LogP contribution < -0.4 is 5.32 Å². The van der Waals surface area contributed by atoms with Gasteiger partial charge in [0.25, 0.3) is 5.91 Å². The fourth-order valence-corrected chi connectivity index (χ4v) is 3.49. The number of nitrogens with one attached hydrogen (secondary N) is 1. The summed E-state index contributed by atoms with van der Waals surface area (Å²) in [7, 11) is 0. The van der Waals surface area contributed by atoms with E-state index in [0.717, 1.165) is 11.3 Å². The molecule has 1 fully saturated rings. The largest absolute Gasteiger partial charge is 0.472 e. The molecule has 1 amide bonds. The molecule has 3 heterocycles. The van der Waals surface area contributed by atoms with E-state index in [-0.39, 0.29) is 17.8 Å². The molecule has 3 aromatic rings. The maximum Gasteiger partial charge on any atom is 0.254 e. The molecule has 2 N–H and O–H groups in total. The molecule has 2 atom stereocenters. The van der Waals surface area contributed by atoms with E-state index in [1.807, 2.05) is 6.20 Å². The number of aliphatic hydroxyl groups excluding tert-OH is 1. The lowest BCUT2D eigenvalue weighted by atomic mass is 10.0. The molecular weight excluding hydrogens is 363 g/mol. The highest BCUT2D eigenvalue weighted by atomic mass is 19.1. The van der Waals surface area contributed by atoms with E-state index in [1.54, 1.807) is 29.1 Å². The summed E-state index contributed by atoms with van der Waals surface area (Å²) in [6.07, 6.45) is 6.48. The third-order valence-corrected chi connectivity index (χ3v) is 4.76. The Hall–Kier alpha value is -2.97. The number of aromatic nitrogens is 2. The maximum atomic E-state index is 13.1. The Morgan fingerprint density at radius 1 is 1.29 bits per heavy atom. The monoisotopic (exact) mass is 384 g/mol. The summed E-state index contributed by atoms with van der Waals surface area (Å²) in [5.41, 5.74) is 2.21. The van der Waals surface area contributed by atoms with Crippen LogP contribution in [0.4, 0.5) is 4.39 Å². The molecule has 28 heavy (non-hydrogen) atoms. The summed E-state index contributed by atoms with van der Waals surface area (Å²) in [4.78, 5) is 14.3. The molecule has 4 rings (SSSR count). The van der Waals surface area contributed by atoms with Gasteiger partial charge in [0.15, 0.2) is 0 Å². The zero-order valence-corrected chi connectivity index (χ0v) is 15.2. The summed E-state index contributed by atoms with van der Waals surface area (Å²) in [5.74, 6) is -0.501. The molecule has 2 aromatic heterocycles. The molecule has 0 unspecified atom stereocenters. The highest BCUT2D eigenvalue weighted by Gasteiger charge is 2.27. The predicted octanol–water partition coefficient (Wildman–Crippen LogP) is 1.97. The number of amides is 1. The summed E-state index contributed by atoms with van der Waals surface area (Å²) >= 11 is 0. The SMILES string of the molecule is O=C(N[C@H]1C[C@@H](O)CN(Cc2cnn(-c3ccc(F)cc3)c2)C1)c1ccoc1. The van der Waals surface area contributed by atoms with Crippen molar-refractivity contribution in [2.75, 3.05) is 13.1 Å². The molecule has 0 spiro atoms. The first-order valence-corrected chi connectivity index (χ1v) is 9.10. The second-order valence-electron chi connectivity index (χ2n) is 7.04. The van der Waals surface area contributed by atoms with Crippen molar-refractivity contribution in [3.05, 3.63) is 72.2 Å². The molecule has 8 heteroatoms. The Kier molecular flexibility index (Phi) is 5.23. The highest BCUT2D eigenvalue weighted by molar-refractivity contribution is 5.93. The van der Waals surface area contributed by atoms with Crippen molar-refractivity contribution in [2.24, 2.45) is 0 Å². The van der Waals surface area contributed by atoms with Crippen molar-refractivity contribution in [1.29, 1.82) is 0 Å². The van der Waals surface area contributed by atoms with Gasteiger partial charge < -0.3 is 14.8 Å². The second-order valence-corrected chi connectivity index (χ2v) is 7.04. The molecular formula is C20H21FN4O3. The van der Waals surface area contributed by atoms with Crippen LogP contribution >= 0.6 is 0 Å². The number of rotatable bonds is 5. The lowest BCUT2D eigenvalue weighted by Gasteiger charge is -2.35. The smallest absolute Gasteiger partial charge is 0.254 e. The Bertz CT molecular complexity index is 923. The third kappa shape index (κ3) is 4.29. The number of β-amino-alcohol motifs (C(OH)–C–C–N with tert-alkyl or cyclic N) is 1. The minimum Gasteiger partial charge on any atom is -0.472 e. The third-order valence-electron chi connectivity index (χ3n) is 4.76. The van der Waals surface area contributed by atoms with Gasteiger partial charge in [0, 0.05) is 37.4 Å². The van der Waals surface area contributed by atoms with Crippen LogP contribution in [-0.4, -0.2) is 50.9 Å². The Labute approximate surface area is 161 Å². The van der Waals surface area contributed by atoms with Gasteiger partial charge in [-0.05, 0) is 36.8 Å². The number of nitrogens with zero attached hydrogens (tertiary/aromatic N) is 3. The minimum atomic E-state index is -0.518. The number of carbonyl (C=O) groups is 1. The van der Waals surface area contributed by atoms with E-state index in [1.165, 1.54) is 24.7 Å². The second kappa shape index (κ2) is 7.95. The molecule has 0 radical (unpaired) electrons. The van der Waals surface area contributed by atoms with Crippen molar-refractivity contribution >= 4 is 5.91 Å². The number of benzene rings is 1. The fourth-order valence-electron chi connectivity index (χ4n) is 3.49. The van der Waals surface area contributed by atoms with Gasteiger partial charge in [-0.25, -0.2) is 9.07 Å². The molecule has 1 aliphatic heterocycles. The minimum absolute atomic E-state index is 0.154. The van der Waals surface area contributed by atoms with Crippen molar-refractivity contribution in [2.45, 2.75) is 25.1 Å². The van der Waals surface area contributed by atoms with Crippen LogP contribution in [0, 0.1) is 5.82 Å². The van der Waals surface area contributed by atoms with Crippen LogP contribution in [0.1, 0.15) is 22.3 Å². The Balaban J connectivity index is 1.39. The fraction of sp³-hybridized carbons (Fsp3) is 0.300. The van der Waals surface area contributed by atoms with Gasteiger partial charge in [0.1, 0.15) is 12.1 Å².